The van der Waals surface area contributed by atoms with E-state index in [9.17, 15) is 4.79 Å². The van der Waals surface area contributed by atoms with Gasteiger partial charge >= 0.3 is 5.97 Å². The highest BCUT2D eigenvalue weighted by Gasteiger charge is 2.32. The molecule has 0 spiro atoms. The van der Waals surface area contributed by atoms with Crippen LogP contribution in [-0.4, -0.2) is 23.7 Å². The second-order valence-corrected chi connectivity index (χ2v) is 4.33. The fourth-order valence-corrected chi connectivity index (χ4v) is 2.28. The summed E-state index contributed by atoms with van der Waals surface area (Å²) in [6.45, 7) is 0.762. The summed E-state index contributed by atoms with van der Waals surface area (Å²) < 4.78 is 0. The molecular formula is C13H15ClN2O2. The first-order valence-corrected chi connectivity index (χ1v) is 5.66. The molecule has 1 aliphatic heterocycles. The fourth-order valence-electron chi connectivity index (χ4n) is 2.28. The summed E-state index contributed by atoms with van der Waals surface area (Å²) in [7, 11) is 0. The van der Waals surface area contributed by atoms with E-state index in [2.05, 4.69) is 11.4 Å². The average Bonchev–Trinajstić information content (AvgIpc) is 2.78. The number of carbonyl (C=O) groups is 1. The van der Waals surface area contributed by atoms with Crippen molar-refractivity contribution >= 4 is 18.4 Å². The number of aliphatic carboxylic acids is 1. The van der Waals surface area contributed by atoms with E-state index in [0.717, 1.165) is 24.9 Å². The third kappa shape index (κ3) is 3.22. The number of nitriles is 1. The van der Waals surface area contributed by atoms with Crippen molar-refractivity contribution in [2.45, 2.75) is 18.9 Å². The molecular weight excluding hydrogens is 252 g/mol. The maximum Gasteiger partial charge on any atom is 0.320 e. The highest BCUT2D eigenvalue weighted by Crippen LogP contribution is 2.21. The first-order valence-electron chi connectivity index (χ1n) is 5.66. The largest absolute Gasteiger partial charge is 0.480 e. The van der Waals surface area contributed by atoms with E-state index in [4.69, 9.17) is 10.4 Å². The van der Waals surface area contributed by atoms with Crippen molar-refractivity contribution in [3.05, 3.63) is 35.4 Å². The highest BCUT2D eigenvalue weighted by atomic mass is 35.5. The number of nitrogens with one attached hydrogen (secondary N) is 1. The van der Waals surface area contributed by atoms with Gasteiger partial charge in [0, 0.05) is 0 Å². The highest BCUT2D eigenvalue weighted by molar-refractivity contribution is 5.85. The van der Waals surface area contributed by atoms with Crippen molar-refractivity contribution in [3.8, 4) is 6.07 Å². The molecule has 2 rings (SSSR count). The van der Waals surface area contributed by atoms with E-state index in [1.54, 1.807) is 12.1 Å². The average molecular weight is 267 g/mol. The van der Waals surface area contributed by atoms with Gasteiger partial charge in [0.25, 0.3) is 0 Å². The van der Waals surface area contributed by atoms with Gasteiger partial charge in [0.1, 0.15) is 6.04 Å². The molecule has 96 valence electrons. The Bertz CT molecular complexity index is 453. The lowest BCUT2D eigenvalue weighted by molar-refractivity contribution is -0.140. The molecule has 4 nitrogen and oxygen atoms in total. The smallest absolute Gasteiger partial charge is 0.320 e. The summed E-state index contributed by atoms with van der Waals surface area (Å²) in [5.74, 6) is -0.637. The minimum absolute atomic E-state index is 0. The minimum Gasteiger partial charge on any atom is -0.480 e. The Morgan fingerprint density at radius 2 is 2.11 bits per heavy atom. The molecule has 0 radical (unpaired) electrons. The van der Waals surface area contributed by atoms with Crippen LogP contribution < -0.4 is 5.32 Å². The van der Waals surface area contributed by atoms with Gasteiger partial charge in [0.05, 0.1) is 11.6 Å². The van der Waals surface area contributed by atoms with Gasteiger partial charge in [0.2, 0.25) is 0 Å². The van der Waals surface area contributed by atoms with Crippen molar-refractivity contribution in [1.29, 1.82) is 5.26 Å². The van der Waals surface area contributed by atoms with Crippen molar-refractivity contribution in [1.82, 2.24) is 5.32 Å². The van der Waals surface area contributed by atoms with Crippen molar-refractivity contribution < 1.29 is 9.90 Å². The first kappa shape index (κ1) is 14.5. The Labute approximate surface area is 112 Å². The topological polar surface area (TPSA) is 73.1 Å². The third-order valence-electron chi connectivity index (χ3n) is 3.20. The van der Waals surface area contributed by atoms with Crippen LogP contribution in [0.25, 0.3) is 0 Å². The number of nitrogens with zero attached hydrogens (tertiary/aromatic N) is 1. The summed E-state index contributed by atoms with van der Waals surface area (Å²) >= 11 is 0. The van der Waals surface area contributed by atoms with Gasteiger partial charge in [0.15, 0.2) is 0 Å². The number of benzene rings is 1. The maximum atomic E-state index is 11.0. The molecule has 0 bridgehead atoms. The van der Waals surface area contributed by atoms with Crippen LogP contribution in [0.15, 0.2) is 24.3 Å². The van der Waals surface area contributed by atoms with Crippen molar-refractivity contribution in [3.63, 3.8) is 0 Å². The standard InChI is InChI=1S/C13H14N2O2.ClH/c14-8-10-3-1-9(2-4-10)7-11-5-6-15-12(11)13(16)17;/h1-4,11-12,15H,5-7H2,(H,16,17);1H/t11?,12-;/m0./s1. The van der Waals surface area contributed by atoms with Crippen LogP contribution in [0.5, 0.6) is 0 Å². The lowest BCUT2D eigenvalue weighted by Crippen LogP contribution is -2.36. The number of rotatable bonds is 3. The molecule has 1 fully saturated rings. The molecule has 5 heteroatoms. The molecule has 0 saturated carbocycles. The zero-order chi connectivity index (χ0) is 12.3. The zero-order valence-corrected chi connectivity index (χ0v) is 10.6. The van der Waals surface area contributed by atoms with E-state index in [0.29, 0.717) is 5.56 Å². The second-order valence-electron chi connectivity index (χ2n) is 4.33. The molecule has 1 aliphatic rings. The third-order valence-corrected chi connectivity index (χ3v) is 3.20. The molecule has 1 heterocycles. The van der Waals surface area contributed by atoms with Crippen LogP contribution in [0.4, 0.5) is 0 Å². The van der Waals surface area contributed by atoms with Gasteiger partial charge in [-0.15, -0.1) is 12.4 Å². The SMILES string of the molecule is Cl.N#Cc1ccc(CC2CCN[C@@H]2C(=O)O)cc1. The van der Waals surface area contributed by atoms with Gasteiger partial charge in [-0.25, -0.2) is 0 Å². The predicted molar refractivity (Wildman–Crippen MR) is 69.6 cm³/mol. The predicted octanol–water partition coefficient (Wildman–Crippen LogP) is 1.59. The van der Waals surface area contributed by atoms with Crippen LogP contribution in [-0.2, 0) is 11.2 Å². The van der Waals surface area contributed by atoms with Crippen molar-refractivity contribution in [2.75, 3.05) is 6.54 Å². The van der Waals surface area contributed by atoms with E-state index >= 15 is 0 Å². The summed E-state index contributed by atoms with van der Waals surface area (Å²) in [6, 6.07) is 8.97. The maximum absolute atomic E-state index is 11.0. The second kappa shape index (κ2) is 6.39. The van der Waals surface area contributed by atoms with E-state index in [1.807, 2.05) is 12.1 Å². The number of hydrogen-bond acceptors (Lipinski definition) is 3. The molecule has 1 saturated heterocycles. The Balaban J connectivity index is 0.00000162. The number of carboxylic acids is 1. The minimum atomic E-state index is -0.777. The Morgan fingerprint density at radius 3 is 2.67 bits per heavy atom. The fraction of sp³-hybridized carbons (Fsp3) is 0.385. The van der Waals surface area contributed by atoms with E-state index < -0.39 is 12.0 Å². The van der Waals surface area contributed by atoms with Crippen molar-refractivity contribution in [2.24, 2.45) is 5.92 Å². The molecule has 2 N–H and O–H groups in total. The molecule has 18 heavy (non-hydrogen) atoms. The van der Waals surface area contributed by atoms with E-state index in [1.165, 1.54) is 0 Å². The van der Waals surface area contributed by atoms with Crippen LogP contribution >= 0.6 is 12.4 Å². The first-order chi connectivity index (χ1) is 8.20. The molecule has 2 atom stereocenters. The normalized spacial score (nSPS) is 21.9. The van der Waals surface area contributed by atoms with E-state index in [-0.39, 0.29) is 18.3 Å². The lowest BCUT2D eigenvalue weighted by atomic mass is 9.92. The Morgan fingerprint density at radius 1 is 1.44 bits per heavy atom. The Hall–Kier alpha value is -1.57. The molecule has 0 amide bonds. The number of hydrogen-bond donors (Lipinski definition) is 2. The summed E-state index contributed by atoms with van der Waals surface area (Å²) in [5.41, 5.74) is 1.72. The molecule has 0 aromatic heterocycles. The molecule has 1 unspecified atom stereocenters. The van der Waals surface area contributed by atoms with Crippen LogP contribution in [0.2, 0.25) is 0 Å². The summed E-state index contributed by atoms with van der Waals surface area (Å²) in [4.78, 5) is 11.0. The van der Waals surface area contributed by atoms with Gasteiger partial charge in [-0.3, -0.25) is 4.79 Å². The number of halogens is 1. The zero-order valence-electron chi connectivity index (χ0n) is 9.80. The quantitative estimate of drug-likeness (QED) is 0.871. The summed E-state index contributed by atoms with van der Waals surface area (Å²) in [5, 5.41) is 20.7. The van der Waals surface area contributed by atoms with Crippen LogP contribution in [0.1, 0.15) is 17.5 Å². The van der Waals surface area contributed by atoms with Gasteiger partial charge in [-0.1, -0.05) is 12.1 Å². The molecule has 1 aromatic carbocycles. The van der Waals surface area contributed by atoms with Gasteiger partial charge in [-0.2, -0.15) is 5.26 Å². The number of carboxylic acid groups (broad SMARTS) is 1. The molecule has 0 aliphatic carbocycles. The monoisotopic (exact) mass is 266 g/mol. The lowest BCUT2D eigenvalue weighted by Gasteiger charge is -2.15. The van der Waals surface area contributed by atoms with Crippen LogP contribution in [0.3, 0.4) is 0 Å². The molecule has 1 aromatic rings. The van der Waals surface area contributed by atoms with Gasteiger partial charge < -0.3 is 10.4 Å². The Kier molecular flexibility index (Phi) is 5.14. The van der Waals surface area contributed by atoms with Crippen LogP contribution in [0, 0.1) is 17.2 Å². The summed E-state index contributed by atoms with van der Waals surface area (Å²) in [6.07, 6.45) is 1.63. The van der Waals surface area contributed by atoms with Gasteiger partial charge in [-0.05, 0) is 43.0 Å².